The summed E-state index contributed by atoms with van der Waals surface area (Å²) in [5.41, 5.74) is 7.70. The molecule has 0 aliphatic carbocycles. The lowest BCUT2D eigenvalue weighted by Gasteiger charge is -2.08. The number of aliphatic imine (C=N–C) groups is 2. The van der Waals surface area contributed by atoms with Gasteiger partial charge < -0.3 is 4.42 Å². The fourth-order valence-electron chi connectivity index (χ4n) is 5.28. The van der Waals surface area contributed by atoms with Gasteiger partial charge >= 0.3 is 0 Å². The Balaban J connectivity index is 1.16. The van der Waals surface area contributed by atoms with Crippen molar-refractivity contribution in [3.05, 3.63) is 179 Å². The fourth-order valence-corrected chi connectivity index (χ4v) is 5.28. The lowest BCUT2D eigenvalue weighted by molar-refractivity contribution is 0.660. The van der Waals surface area contributed by atoms with E-state index in [1.165, 1.54) is 0 Å². The number of amidine groups is 2. The Hall–Kier alpha value is -6.20. The van der Waals surface area contributed by atoms with Gasteiger partial charge in [0.05, 0.1) is 10.8 Å². The summed E-state index contributed by atoms with van der Waals surface area (Å²) in [6.45, 7) is 0. The molecule has 0 fully saturated rings. The Morgan fingerprint density at radius 2 is 1.16 bits per heavy atom. The van der Waals surface area contributed by atoms with E-state index in [-0.39, 0.29) is 11.3 Å². The van der Waals surface area contributed by atoms with Crippen molar-refractivity contribution in [2.75, 3.05) is 0 Å². The first-order valence-electron chi connectivity index (χ1n) is 14.6. The maximum atomic E-state index is 13.2. The lowest BCUT2D eigenvalue weighted by atomic mass is 9.97. The molecule has 7 aromatic rings. The standard InChI is InChI=1S/C40H27N3O2/c41-39(29-10-3-1-4-11-29)43-40(30-12-5-2-6-13-30)42-26-27-18-20-28(21-19-27)31-14-9-15-32(24-31)33-22-23-37-35(25-33)38(44)34-16-7-8-17-36(34)45-37/h1-26,41H. The molecule has 7 rings (SSSR count). The van der Waals surface area contributed by atoms with E-state index >= 15 is 0 Å². The molecule has 1 aromatic heterocycles. The number of benzene rings is 6. The van der Waals surface area contributed by atoms with E-state index in [1.54, 1.807) is 12.3 Å². The predicted molar refractivity (Wildman–Crippen MR) is 185 cm³/mol. The summed E-state index contributed by atoms with van der Waals surface area (Å²) in [7, 11) is 0. The first-order chi connectivity index (χ1) is 22.1. The molecule has 0 saturated heterocycles. The Morgan fingerprint density at radius 3 is 1.91 bits per heavy atom. The van der Waals surface area contributed by atoms with Gasteiger partial charge in [0.1, 0.15) is 11.2 Å². The third kappa shape index (κ3) is 5.88. The molecule has 214 valence electrons. The molecule has 0 saturated carbocycles. The zero-order chi connectivity index (χ0) is 30.6. The SMILES string of the molecule is N=C(N=C(N=Cc1ccc(-c2cccc(-c3ccc4oc5ccccc5c(=O)c4c3)c2)cc1)c1ccccc1)c1ccccc1. The van der Waals surface area contributed by atoms with Crippen molar-refractivity contribution in [2.24, 2.45) is 9.98 Å². The van der Waals surface area contributed by atoms with Crippen LogP contribution in [-0.2, 0) is 0 Å². The largest absolute Gasteiger partial charge is 0.456 e. The quantitative estimate of drug-likeness (QED) is 0.125. The molecule has 45 heavy (non-hydrogen) atoms. The van der Waals surface area contributed by atoms with Gasteiger partial charge in [-0.25, -0.2) is 9.98 Å². The molecule has 0 spiro atoms. The van der Waals surface area contributed by atoms with E-state index in [2.05, 4.69) is 34.3 Å². The fraction of sp³-hybridized carbons (Fsp3) is 0. The van der Waals surface area contributed by atoms with Crippen molar-refractivity contribution >= 4 is 39.8 Å². The van der Waals surface area contributed by atoms with E-state index < -0.39 is 0 Å². The van der Waals surface area contributed by atoms with Gasteiger partial charge in [0.15, 0.2) is 11.7 Å². The van der Waals surface area contributed by atoms with Gasteiger partial charge in [-0.05, 0) is 58.1 Å². The third-order valence-electron chi connectivity index (χ3n) is 7.65. The van der Waals surface area contributed by atoms with Crippen LogP contribution in [0.1, 0.15) is 16.7 Å². The summed E-state index contributed by atoms with van der Waals surface area (Å²) in [5.74, 6) is 0.626. The van der Waals surface area contributed by atoms with Crippen LogP contribution in [0.25, 0.3) is 44.2 Å². The molecular formula is C40H27N3O2. The molecule has 1 heterocycles. The summed E-state index contributed by atoms with van der Waals surface area (Å²) >= 11 is 0. The van der Waals surface area contributed by atoms with E-state index in [0.717, 1.165) is 38.9 Å². The van der Waals surface area contributed by atoms with Crippen LogP contribution in [0.15, 0.2) is 171 Å². The summed E-state index contributed by atoms with van der Waals surface area (Å²) < 4.78 is 5.99. The van der Waals surface area contributed by atoms with Crippen LogP contribution in [0.2, 0.25) is 0 Å². The zero-order valence-electron chi connectivity index (χ0n) is 24.2. The molecule has 0 amide bonds. The number of rotatable bonds is 5. The first kappa shape index (κ1) is 27.6. The van der Waals surface area contributed by atoms with Gasteiger partial charge in [-0.2, -0.15) is 0 Å². The van der Waals surface area contributed by atoms with Gasteiger partial charge in [0.25, 0.3) is 0 Å². The van der Waals surface area contributed by atoms with Crippen LogP contribution < -0.4 is 5.43 Å². The second-order valence-corrected chi connectivity index (χ2v) is 10.6. The van der Waals surface area contributed by atoms with Crippen molar-refractivity contribution < 1.29 is 4.42 Å². The summed E-state index contributed by atoms with van der Waals surface area (Å²) in [6.07, 6.45) is 1.77. The maximum absolute atomic E-state index is 13.2. The van der Waals surface area contributed by atoms with Gasteiger partial charge in [-0.15, -0.1) is 0 Å². The molecule has 5 heteroatoms. The van der Waals surface area contributed by atoms with Crippen molar-refractivity contribution in [1.29, 1.82) is 5.41 Å². The van der Waals surface area contributed by atoms with E-state index in [4.69, 9.17) is 9.83 Å². The topological polar surface area (TPSA) is 78.8 Å². The Morgan fingerprint density at radius 1 is 0.556 bits per heavy atom. The molecule has 1 N–H and O–H groups in total. The molecular weight excluding hydrogens is 554 g/mol. The molecule has 0 radical (unpaired) electrons. The molecule has 0 aliphatic rings. The van der Waals surface area contributed by atoms with Crippen molar-refractivity contribution in [1.82, 2.24) is 0 Å². The smallest absolute Gasteiger partial charge is 0.200 e. The number of hydrogen-bond donors (Lipinski definition) is 1. The Bertz CT molecular complexity index is 2290. The summed E-state index contributed by atoms with van der Waals surface area (Å²) in [6, 6.07) is 48.7. The van der Waals surface area contributed by atoms with Crippen LogP contribution in [0.5, 0.6) is 0 Å². The first-order valence-corrected chi connectivity index (χ1v) is 14.6. The number of nitrogens with one attached hydrogen (secondary N) is 1. The minimum Gasteiger partial charge on any atom is -0.456 e. The average molecular weight is 582 g/mol. The minimum atomic E-state index is -0.0283. The van der Waals surface area contributed by atoms with Gasteiger partial charge in [-0.1, -0.05) is 121 Å². The highest BCUT2D eigenvalue weighted by Gasteiger charge is 2.10. The Kier molecular flexibility index (Phi) is 7.48. The normalized spacial score (nSPS) is 11.8. The molecule has 0 unspecified atom stereocenters. The highest BCUT2D eigenvalue weighted by Crippen LogP contribution is 2.29. The highest BCUT2D eigenvalue weighted by atomic mass is 16.3. The predicted octanol–water partition coefficient (Wildman–Crippen LogP) is 9.17. The van der Waals surface area contributed by atoms with Crippen molar-refractivity contribution in [3.8, 4) is 22.3 Å². The van der Waals surface area contributed by atoms with Gasteiger partial charge in [0, 0.05) is 17.3 Å². The molecule has 0 bridgehead atoms. The van der Waals surface area contributed by atoms with Gasteiger partial charge in [-0.3, -0.25) is 10.2 Å². The van der Waals surface area contributed by atoms with E-state index in [1.807, 2.05) is 121 Å². The number of hydrogen-bond acceptors (Lipinski definition) is 3. The van der Waals surface area contributed by atoms with E-state index in [0.29, 0.717) is 27.8 Å². The second kappa shape index (κ2) is 12.2. The third-order valence-corrected chi connectivity index (χ3v) is 7.65. The number of para-hydroxylation sites is 1. The van der Waals surface area contributed by atoms with Crippen molar-refractivity contribution in [3.63, 3.8) is 0 Å². The molecule has 5 nitrogen and oxygen atoms in total. The molecule has 0 aliphatic heterocycles. The second-order valence-electron chi connectivity index (χ2n) is 10.6. The average Bonchev–Trinajstić information content (AvgIpc) is 3.11. The zero-order valence-corrected chi connectivity index (χ0v) is 24.2. The monoisotopic (exact) mass is 581 g/mol. The van der Waals surface area contributed by atoms with Crippen molar-refractivity contribution in [2.45, 2.75) is 0 Å². The number of nitrogens with zero attached hydrogens (tertiary/aromatic N) is 2. The maximum Gasteiger partial charge on any atom is 0.200 e. The summed E-state index contributed by atoms with van der Waals surface area (Å²) in [5, 5.41) is 9.64. The van der Waals surface area contributed by atoms with Crippen LogP contribution in [-0.4, -0.2) is 17.9 Å². The van der Waals surface area contributed by atoms with Crippen LogP contribution in [0.4, 0.5) is 0 Å². The summed E-state index contributed by atoms with van der Waals surface area (Å²) in [4.78, 5) is 22.4. The molecule has 0 atom stereocenters. The van der Waals surface area contributed by atoms with Gasteiger partial charge in [0.2, 0.25) is 5.43 Å². The highest BCUT2D eigenvalue weighted by molar-refractivity contribution is 6.13. The Labute approximate surface area is 260 Å². The molecule has 6 aromatic carbocycles. The van der Waals surface area contributed by atoms with Crippen LogP contribution in [0, 0.1) is 5.41 Å². The van der Waals surface area contributed by atoms with Crippen LogP contribution >= 0.6 is 0 Å². The van der Waals surface area contributed by atoms with Crippen LogP contribution in [0.3, 0.4) is 0 Å². The number of fused-ring (bicyclic) bond motifs is 2. The van der Waals surface area contributed by atoms with E-state index in [9.17, 15) is 4.79 Å². The lowest BCUT2D eigenvalue weighted by Crippen LogP contribution is -2.04. The minimum absolute atomic E-state index is 0.0283.